The number of carbonyl (C=O) groups is 1. The van der Waals surface area contributed by atoms with E-state index in [0.717, 1.165) is 28.0 Å². The van der Waals surface area contributed by atoms with Gasteiger partial charge in [0.1, 0.15) is 5.82 Å². The first-order valence-corrected chi connectivity index (χ1v) is 10.9. The van der Waals surface area contributed by atoms with Gasteiger partial charge >= 0.3 is 7.12 Å². The molecule has 0 bridgehead atoms. The highest BCUT2D eigenvalue weighted by Crippen LogP contribution is 2.36. The van der Waals surface area contributed by atoms with Gasteiger partial charge in [-0.3, -0.25) is 4.79 Å². The van der Waals surface area contributed by atoms with Crippen LogP contribution in [-0.4, -0.2) is 34.0 Å². The van der Waals surface area contributed by atoms with Crippen LogP contribution >= 0.6 is 0 Å². The van der Waals surface area contributed by atoms with Crippen molar-refractivity contribution in [3.05, 3.63) is 70.9 Å². The number of hydrogen-bond acceptors (Lipinski definition) is 4. The Bertz CT molecular complexity index is 1150. The summed E-state index contributed by atoms with van der Waals surface area (Å²) in [6.07, 6.45) is 0. The third-order valence-corrected chi connectivity index (χ3v) is 6.40. The molecule has 3 aromatic rings. The molecule has 1 amide bonds. The second-order valence-electron chi connectivity index (χ2n) is 9.53. The molecule has 1 N–H and O–H groups in total. The predicted molar refractivity (Wildman–Crippen MR) is 128 cm³/mol. The molecule has 0 radical (unpaired) electrons. The molecule has 0 spiro atoms. The Morgan fingerprint density at radius 1 is 0.938 bits per heavy atom. The number of benzene rings is 2. The van der Waals surface area contributed by atoms with Crippen molar-refractivity contribution in [2.45, 2.75) is 59.7 Å². The van der Waals surface area contributed by atoms with E-state index in [1.165, 1.54) is 0 Å². The van der Waals surface area contributed by atoms with Crippen LogP contribution in [-0.2, 0) is 9.31 Å². The Hall–Kier alpha value is -2.90. The lowest BCUT2D eigenvalue weighted by atomic mass is 9.75. The Morgan fingerprint density at radius 2 is 1.56 bits per heavy atom. The molecule has 7 heteroatoms. The van der Waals surface area contributed by atoms with E-state index in [-0.39, 0.29) is 5.91 Å². The lowest BCUT2D eigenvalue weighted by Gasteiger charge is -2.32. The minimum absolute atomic E-state index is 0.212. The van der Waals surface area contributed by atoms with Crippen LogP contribution in [0.15, 0.2) is 48.5 Å². The van der Waals surface area contributed by atoms with Crippen LogP contribution in [0.2, 0.25) is 0 Å². The Balaban J connectivity index is 1.61. The number of amides is 1. The topological polar surface area (TPSA) is 65.4 Å². The van der Waals surface area contributed by atoms with E-state index in [4.69, 9.17) is 9.31 Å². The van der Waals surface area contributed by atoms with Crippen LogP contribution in [0.3, 0.4) is 0 Å². The molecule has 0 saturated carbocycles. The summed E-state index contributed by atoms with van der Waals surface area (Å²) in [5, 5.41) is 7.56. The molecule has 2 aromatic carbocycles. The molecule has 0 unspecified atom stereocenters. The van der Waals surface area contributed by atoms with Crippen molar-refractivity contribution in [2.24, 2.45) is 0 Å². The van der Waals surface area contributed by atoms with Crippen molar-refractivity contribution in [2.75, 3.05) is 5.32 Å². The normalized spacial score (nSPS) is 16.9. The Labute approximate surface area is 190 Å². The lowest BCUT2D eigenvalue weighted by Crippen LogP contribution is -2.41. The van der Waals surface area contributed by atoms with Gasteiger partial charge in [0.05, 0.1) is 22.6 Å². The molecule has 2 heterocycles. The zero-order valence-electron chi connectivity index (χ0n) is 19.8. The molecular weight excluding hydrogens is 401 g/mol. The van der Waals surface area contributed by atoms with Crippen LogP contribution in [0.25, 0.3) is 5.69 Å². The first-order chi connectivity index (χ1) is 15.0. The molecule has 1 saturated heterocycles. The molecule has 1 aliphatic heterocycles. The van der Waals surface area contributed by atoms with Crippen LogP contribution in [0.1, 0.15) is 54.9 Å². The molecule has 32 heavy (non-hydrogen) atoms. The van der Waals surface area contributed by atoms with Gasteiger partial charge in [0, 0.05) is 11.6 Å². The van der Waals surface area contributed by atoms with Crippen LogP contribution in [0, 0.1) is 20.8 Å². The number of aryl methyl sites for hydroxylation is 3. The van der Waals surface area contributed by atoms with E-state index >= 15 is 0 Å². The van der Waals surface area contributed by atoms with Gasteiger partial charge < -0.3 is 14.6 Å². The third-order valence-electron chi connectivity index (χ3n) is 6.40. The van der Waals surface area contributed by atoms with Crippen molar-refractivity contribution in [3.63, 3.8) is 0 Å². The Kier molecular flexibility index (Phi) is 5.51. The van der Waals surface area contributed by atoms with Crippen molar-refractivity contribution in [3.8, 4) is 5.69 Å². The molecular formula is C25H30BN3O3. The summed E-state index contributed by atoms with van der Waals surface area (Å²) < 4.78 is 14.2. The van der Waals surface area contributed by atoms with Crippen LogP contribution < -0.4 is 10.8 Å². The van der Waals surface area contributed by atoms with Gasteiger partial charge in [-0.2, -0.15) is 5.10 Å². The zero-order valence-corrected chi connectivity index (χ0v) is 19.8. The molecule has 1 aromatic heterocycles. The highest BCUT2D eigenvalue weighted by atomic mass is 16.7. The maximum Gasteiger partial charge on any atom is 0.495 e. The van der Waals surface area contributed by atoms with Crippen molar-refractivity contribution < 1.29 is 14.1 Å². The first-order valence-electron chi connectivity index (χ1n) is 10.9. The maximum absolute atomic E-state index is 13.2. The van der Waals surface area contributed by atoms with E-state index < -0.39 is 18.3 Å². The quantitative estimate of drug-likeness (QED) is 0.624. The number of carbonyl (C=O) groups excluding carboxylic acids is 1. The smallest absolute Gasteiger partial charge is 0.399 e. The van der Waals surface area contributed by atoms with E-state index in [1.54, 1.807) is 4.68 Å². The van der Waals surface area contributed by atoms with Crippen molar-refractivity contribution in [1.82, 2.24) is 9.78 Å². The summed E-state index contributed by atoms with van der Waals surface area (Å²) >= 11 is 0. The molecule has 166 valence electrons. The first kappa shape index (κ1) is 22.3. The van der Waals surface area contributed by atoms with Crippen molar-refractivity contribution >= 4 is 24.3 Å². The molecule has 6 nitrogen and oxygen atoms in total. The summed E-state index contributed by atoms with van der Waals surface area (Å²) in [5.41, 5.74) is 4.40. The summed E-state index contributed by atoms with van der Waals surface area (Å²) in [5.74, 6) is 0.408. The monoisotopic (exact) mass is 431 g/mol. The fourth-order valence-corrected chi connectivity index (χ4v) is 3.67. The summed E-state index contributed by atoms with van der Waals surface area (Å²) in [6.45, 7) is 14.0. The highest BCUT2D eigenvalue weighted by molar-refractivity contribution is 6.62. The largest absolute Gasteiger partial charge is 0.495 e. The fourth-order valence-electron chi connectivity index (χ4n) is 3.67. The number of aromatic nitrogens is 2. The zero-order chi connectivity index (χ0) is 23.3. The highest BCUT2D eigenvalue weighted by Gasteiger charge is 2.52. The summed E-state index contributed by atoms with van der Waals surface area (Å²) in [4.78, 5) is 13.2. The molecule has 1 fully saturated rings. The number of nitrogens with zero attached hydrogens (tertiary/aromatic N) is 2. The van der Waals surface area contributed by atoms with E-state index in [2.05, 4.69) is 10.4 Å². The summed E-state index contributed by atoms with van der Waals surface area (Å²) in [7, 11) is -0.520. The van der Waals surface area contributed by atoms with Gasteiger partial charge in [0.25, 0.3) is 5.91 Å². The second-order valence-corrected chi connectivity index (χ2v) is 9.53. The van der Waals surface area contributed by atoms with Crippen LogP contribution in [0.5, 0.6) is 0 Å². The predicted octanol–water partition coefficient (Wildman–Crippen LogP) is 4.35. The standard InChI is InChI=1S/C25H30BN3O3/c1-16-8-12-20(13-9-16)29-22(14-18(3)28-29)27-23(30)19-11-10-17(2)21(15-19)26-31-24(4,5)25(6,7)32-26/h8-15H,1-7H3,(H,27,30). The minimum Gasteiger partial charge on any atom is -0.399 e. The molecule has 0 aliphatic carbocycles. The SMILES string of the molecule is Cc1ccc(-n2nc(C)cc2NC(=O)c2ccc(C)c(B3OC(C)(C)C(C)(C)O3)c2)cc1. The second kappa shape index (κ2) is 7.91. The van der Waals surface area contributed by atoms with E-state index in [9.17, 15) is 4.79 Å². The van der Waals surface area contributed by atoms with Crippen LogP contribution in [0.4, 0.5) is 5.82 Å². The van der Waals surface area contributed by atoms with Gasteiger partial charge in [0.2, 0.25) is 0 Å². The van der Waals surface area contributed by atoms with E-state index in [0.29, 0.717) is 11.4 Å². The molecule has 4 rings (SSSR count). The average molecular weight is 431 g/mol. The molecule has 0 atom stereocenters. The number of rotatable bonds is 4. The average Bonchev–Trinajstić information content (AvgIpc) is 3.17. The summed E-state index contributed by atoms with van der Waals surface area (Å²) in [6, 6.07) is 15.5. The van der Waals surface area contributed by atoms with Gasteiger partial charge in [-0.05, 0) is 78.2 Å². The van der Waals surface area contributed by atoms with E-state index in [1.807, 2.05) is 97.0 Å². The lowest BCUT2D eigenvalue weighted by molar-refractivity contribution is 0.00578. The number of hydrogen-bond donors (Lipinski definition) is 1. The van der Waals surface area contributed by atoms with Crippen molar-refractivity contribution in [1.29, 1.82) is 0 Å². The number of anilines is 1. The van der Waals surface area contributed by atoms with Gasteiger partial charge in [-0.1, -0.05) is 29.3 Å². The number of nitrogens with one attached hydrogen (secondary N) is 1. The molecule has 1 aliphatic rings. The third kappa shape index (κ3) is 4.10. The van der Waals surface area contributed by atoms with Gasteiger partial charge in [-0.15, -0.1) is 0 Å². The van der Waals surface area contributed by atoms with Gasteiger partial charge in [-0.25, -0.2) is 4.68 Å². The maximum atomic E-state index is 13.2. The fraction of sp³-hybridized carbons (Fsp3) is 0.360. The van der Waals surface area contributed by atoms with Gasteiger partial charge in [0.15, 0.2) is 0 Å². The minimum atomic E-state index is -0.520. The Morgan fingerprint density at radius 3 is 2.19 bits per heavy atom.